The predicted octanol–water partition coefficient (Wildman–Crippen LogP) is 1.87. The molecule has 21 heavy (non-hydrogen) atoms. The molecular formula is C17H34N2O2. The summed E-state index contributed by atoms with van der Waals surface area (Å²) in [7, 11) is 2.11. The van der Waals surface area contributed by atoms with Crippen LogP contribution in [0.3, 0.4) is 0 Å². The fraction of sp³-hybridized carbons (Fsp3) is 1.00. The monoisotopic (exact) mass is 298 g/mol. The first-order valence-electron chi connectivity index (χ1n) is 8.81. The Kier molecular flexibility index (Phi) is 6.93. The molecule has 0 amide bonds. The standard InChI is InChI=1S/C17H34N2O2/c1-4-5-14-6-7-17(18-3)15(8-14)9-19-10-16(11-20)21-12-13(19)2/h13-18,20H,4-12H2,1-3H3. The normalized spacial score (nSPS) is 38.6. The molecular weight excluding hydrogens is 264 g/mol. The molecule has 0 aromatic carbocycles. The highest BCUT2D eigenvalue weighted by Crippen LogP contribution is 2.33. The summed E-state index contributed by atoms with van der Waals surface area (Å²) in [5, 5.41) is 12.9. The van der Waals surface area contributed by atoms with Crippen LogP contribution in [0.4, 0.5) is 0 Å². The van der Waals surface area contributed by atoms with E-state index in [1.165, 1.54) is 32.1 Å². The van der Waals surface area contributed by atoms with E-state index in [-0.39, 0.29) is 12.7 Å². The second-order valence-electron chi connectivity index (χ2n) is 7.06. The van der Waals surface area contributed by atoms with Crippen LogP contribution in [0.25, 0.3) is 0 Å². The van der Waals surface area contributed by atoms with E-state index in [0.717, 1.165) is 31.5 Å². The third-order valence-electron chi connectivity index (χ3n) is 5.47. The molecule has 1 saturated heterocycles. The first-order chi connectivity index (χ1) is 10.2. The van der Waals surface area contributed by atoms with Crippen molar-refractivity contribution in [3.63, 3.8) is 0 Å². The molecule has 0 aromatic heterocycles. The molecule has 4 nitrogen and oxygen atoms in total. The van der Waals surface area contributed by atoms with Gasteiger partial charge < -0.3 is 15.2 Å². The summed E-state index contributed by atoms with van der Waals surface area (Å²) in [6.07, 6.45) is 6.74. The summed E-state index contributed by atoms with van der Waals surface area (Å²) in [6, 6.07) is 1.12. The zero-order valence-electron chi connectivity index (χ0n) is 14.1. The van der Waals surface area contributed by atoms with Crippen molar-refractivity contribution in [2.75, 3.05) is 33.4 Å². The Hall–Kier alpha value is -0.160. The lowest BCUT2D eigenvalue weighted by Crippen LogP contribution is -2.53. The molecule has 1 aliphatic heterocycles. The molecule has 0 bridgehead atoms. The van der Waals surface area contributed by atoms with E-state index in [1.807, 2.05) is 0 Å². The number of hydrogen-bond acceptors (Lipinski definition) is 4. The molecule has 0 spiro atoms. The highest BCUT2D eigenvalue weighted by Gasteiger charge is 2.33. The minimum absolute atomic E-state index is 0.00395. The van der Waals surface area contributed by atoms with Crippen molar-refractivity contribution < 1.29 is 9.84 Å². The van der Waals surface area contributed by atoms with Crippen LogP contribution in [0.15, 0.2) is 0 Å². The van der Waals surface area contributed by atoms with Gasteiger partial charge in [-0.2, -0.15) is 0 Å². The third kappa shape index (κ3) is 4.65. The molecule has 5 atom stereocenters. The Balaban J connectivity index is 1.93. The minimum atomic E-state index is 0.00395. The van der Waals surface area contributed by atoms with E-state index in [0.29, 0.717) is 12.1 Å². The number of hydrogen-bond donors (Lipinski definition) is 2. The van der Waals surface area contributed by atoms with Gasteiger partial charge in [0.05, 0.1) is 19.3 Å². The molecule has 1 aliphatic carbocycles. The van der Waals surface area contributed by atoms with Gasteiger partial charge >= 0.3 is 0 Å². The summed E-state index contributed by atoms with van der Waals surface area (Å²) >= 11 is 0. The lowest BCUT2D eigenvalue weighted by atomic mass is 9.76. The van der Waals surface area contributed by atoms with E-state index >= 15 is 0 Å². The Labute approximate surface area is 130 Å². The second-order valence-corrected chi connectivity index (χ2v) is 7.06. The van der Waals surface area contributed by atoms with Crippen LogP contribution in [-0.4, -0.2) is 61.5 Å². The van der Waals surface area contributed by atoms with Crippen molar-refractivity contribution >= 4 is 0 Å². The average Bonchev–Trinajstić information content (AvgIpc) is 2.50. The third-order valence-corrected chi connectivity index (χ3v) is 5.47. The van der Waals surface area contributed by atoms with E-state index < -0.39 is 0 Å². The highest BCUT2D eigenvalue weighted by atomic mass is 16.5. The van der Waals surface area contributed by atoms with Gasteiger partial charge in [0, 0.05) is 25.2 Å². The van der Waals surface area contributed by atoms with Gasteiger partial charge in [0.1, 0.15) is 0 Å². The molecule has 1 heterocycles. The zero-order chi connectivity index (χ0) is 15.2. The maximum atomic E-state index is 9.35. The van der Waals surface area contributed by atoms with Crippen molar-refractivity contribution in [1.29, 1.82) is 0 Å². The topological polar surface area (TPSA) is 44.7 Å². The van der Waals surface area contributed by atoms with Crippen LogP contribution in [0.5, 0.6) is 0 Å². The van der Waals surface area contributed by atoms with Crippen LogP contribution in [0.2, 0.25) is 0 Å². The highest BCUT2D eigenvalue weighted by molar-refractivity contribution is 4.88. The lowest BCUT2D eigenvalue weighted by molar-refractivity contribution is -0.0844. The SMILES string of the molecule is CCCC1CCC(NC)C(CN2CC(CO)OCC2C)C1. The molecule has 2 fully saturated rings. The summed E-state index contributed by atoms with van der Waals surface area (Å²) in [6.45, 7) is 7.46. The number of nitrogens with zero attached hydrogens (tertiary/aromatic N) is 1. The van der Waals surface area contributed by atoms with Gasteiger partial charge in [-0.3, -0.25) is 4.90 Å². The Morgan fingerprint density at radius 3 is 2.81 bits per heavy atom. The fourth-order valence-corrected chi connectivity index (χ4v) is 4.15. The van der Waals surface area contributed by atoms with Crippen LogP contribution in [0, 0.1) is 11.8 Å². The van der Waals surface area contributed by atoms with Gasteiger partial charge in [0.25, 0.3) is 0 Å². The van der Waals surface area contributed by atoms with Crippen molar-refractivity contribution in [2.45, 2.75) is 64.1 Å². The molecule has 2 rings (SSSR count). The number of ether oxygens (including phenoxy) is 1. The summed E-state index contributed by atoms with van der Waals surface area (Å²) in [5.74, 6) is 1.65. The Morgan fingerprint density at radius 1 is 1.33 bits per heavy atom. The van der Waals surface area contributed by atoms with Crippen LogP contribution in [0.1, 0.15) is 46.0 Å². The maximum absolute atomic E-state index is 9.35. The summed E-state index contributed by atoms with van der Waals surface area (Å²) in [4.78, 5) is 2.54. The fourth-order valence-electron chi connectivity index (χ4n) is 4.15. The smallest absolute Gasteiger partial charge is 0.0933 e. The molecule has 0 aromatic rings. The van der Waals surface area contributed by atoms with Crippen LogP contribution >= 0.6 is 0 Å². The van der Waals surface area contributed by atoms with Gasteiger partial charge in [-0.15, -0.1) is 0 Å². The summed E-state index contributed by atoms with van der Waals surface area (Å²) in [5.41, 5.74) is 0. The molecule has 124 valence electrons. The van der Waals surface area contributed by atoms with Gasteiger partial charge in [-0.25, -0.2) is 0 Å². The van der Waals surface area contributed by atoms with Gasteiger partial charge in [-0.05, 0) is 45.1 Å². The first-order valence-corrected chi connectivity index (χ1v) is 8.81. The minimum Gasteiger partial charge on any atom is -0.394 e. The van der Waals surface area contributed by atoms with E-state index in [9.17, 15) is 5.11 Å². The Morgan fingerprint density at radius 2 is 2.14 bits per heavy atom. The van der Waals surface area contributed by atoms with Gasteiger partial charge in [-0.1, -0.05) is 19.8 Å². The first kappa shape index (κ1) is 17.2. The van der Waals surface area contributed by atoms with Crippen molar-refractivity contribution in [3.05, 3.63) is 0 Å². The molecule has 4 heteroatoms. The van der Waals surface area contributed by atoms with E-state index in [2.05, 4.69) is 31.1 Å². The molecule has 2 aliphatic rings. The van der Waals surface area contributed by atoms with Gasteiger partial charge in [0.15, 0.2) is 0 Å². The zero-order valence-corrected chi connectivity index (χ0v) is 14.1. The average molecular weight is 298 g/mol. The maximum Gasteiger partial charge on any atom is 0.0933 e. The number of aliphatic hydroxyl groups excluding tert-OH is 1. The quantitative estimate of drug-likeness (QED) is 0.786. The van der Waals surface area contributed by atoms with Crippen LogP contribution < -0.4 is 5.32 Å². The van der Waals surface area contributed by atoms with Gasteiger partial charge in [0.2, 0.25) is 0 Å². The largest absolute Gasteiger partial charge is 0.394 e. The number of nitrogens with one attached hydrogen (secondary N) is 1. The van der Waals surface area contributed by atoms with E-state index in [1.54, 1.807) is 0 Å². The molecule has 5 unspecified atom stereocenters. The second kappa shape index (κ2) is 8.47. The predicted molar refractivity (Wildman–Crippen MR) is 86.4 cm³/mol. The molecule has 1 saturated carbocycles. The Bertz CT molecular complexity index is 301. The summed E-state index contributed by atoms with van der Waals surface area (Å²) < 4.78 is 5.66. The number of aliphatic hydroxyl groups is 1. The van der Waals surface area contributed by atoms with E-state index in [4.69, 9.17) is 4.74 Å². The number of rotatable bonds is 6. The van der Waals surface area contributed by atoms with Crippen LogP contribution in [-0.2, 0) is 4.74 Å². The molecule has 2 N–H and O–H groups in total. The molecule has 0 radical (unpaired) electrons. The van der Waals surface area contributed by atoms with Crippen molar-refractivity contribution in [3.8, 4) is 0 Å². The lowest BCUT2D eigenvalue weighted by Gasteiger charge is -2.43. The number of morpholine rings is 1. The van der Waals surface area contributed by atoms with Crippen molar-refractivity contribution in [2.24, 2.45) is 11.8 Å². The van der Waals surface area contributed by atoms with Crippen molar-refractivity contribution in [1.82, 2.24) is 10.2 Å².